The maximum absolute atomic E-state index is 12.8. The van der Waals surface area contributed by atoms with E-state index in [-0.39, 0.29) is 17.0 Å². The minimum atomic E-state index is -0.254. The SMILES string of the molecule is COc1cc(C2SCC(=O)N2c2nnc(Cn3c4ccccc4c4ccccc43)s2)ccc1O. The van der Waals surface area contributed by atoms with Gasteiger partial charge < -0.3 is 14.4 Å². The number of aromatic hydroxyl groups is 1. The molecule has 170 valence electrons. The smallest absolute Gasteiger partial charge is 0.240 e. The van der Waals surface area contributed by atoms with E-state index in [1.165, 1.54) is 41.0 Å². The predicted molar refractivity (Wildman–Crippen MR) is 136 cm³/mol. The summed E-state index contributed by atoms with van der Waals surface area (Å²) in [5, 5.41) is 22.3. The number of thioether (sulfide) groups is 1. The zero-order valence-corrected chi connectivity index (χ0v) is 19.8. The van der Waals surface area contributed by atoms with Crippen LogP contribution >= 0.6 is 23.1 Å². The third-order valence-corrected chi connectivity index (χ3v) is 8.11. The Hall–Kier alpha value is -3.56. The molecule has 1 N–H and O–H groups in total. The summed E-state index contributed by atoms with van der Waals surface area (Å²) in [5.41, 5.74) is 3.15. The largest absolute Gasteiger partial charge is 0.504 e. The third-order valence-electron chi connectivity index (χ3n) is 5.99. The highest BCUT2D eigenvalue weighted by Gasteiger charge is 2.36. The minimum Gasteiger partial charge on any atom is -0.504 e. The monoisotopic (exact) mass is 488 g/mol. The van der Waals surface area contributed by atoms with Crippen LogP contribution in [0.15, 0.2) is 66.7 Å². The molecular weight excluding hydrogens is 468 g/mol. The zero-order chi connectivity index (χ0) is 23.2. The lowest BCUT2D eigenvalue weighted by Gasteiger charge is -2.21. The van der Waals surface area contributed by atoms with Crippen molar-refractivity contribution in [1.29, 1.82) is 0 Å². The van der Waals surface area contributed by atoms with Crippen molar-refractivity contribution in [2.24, 2.45) is 0 Å². The fourth-order valence-corrected chi connectivity index (χ4v) is 6.53. The number of benzene rings is 3. The van der Waals surface area contributed by atoms with E-state index in [1.807, 2.05) is 12.1 Å². The van der Waals surface area contributed by atoms with Gasteiger partial charge in [-0.05, 0) is 29.8 Å². The van der Waals surface area contributed by atoms with Gasteiger partial charge in [0, 0.05) is 21.8 Å². The molecule has 3 aromatic carbocycles. The molecule has 0 bridgehead atoms. The highest BCUT2D eigenvalue weighted by molar-refractivity contribution is 8.00. The first kappa shape index (κ1) is 21.0. The lowest BCUT2D eigenvalue weighted by Crippen LogP contribution is -2.27. The minimum absolute atomic E-state index is 0.0124. The first-order chi connectivity index (χ1) is 16.6. The maximum Gasteiger partial charge on any atom is 0.240 e. The number of carbonyl (C=O) groups is 1. The van der Waals surface area contributed by atoms with Crippen LogP contribution in [-0.4, -0.2) is 38.6 Å². The number of carbonyl (C=O) groups excluding carboxylic acids is 1. The molecule has 2 aromatic heterocycles. The molecule has 0 saturated carbocycles. The van der Waals surface area contributed by atoms with Gasteiger partial charge in [0.05, 0.1) is 19.4 Å². The normalized spacial score (nSPS) is 16.1. The molecule has 34 heavy (non-hydrogen) atoms. The number of amides is 1. The van der Waals surface area contributed by atoms with Gasteiger partial charge in [0.1, 0.15) is 10.4 Å². The second-order valence-corrected chi connectivity index (χ2v) is 10.1. The Bertz CT molecular complexity index is 1490. The van der Waals surface area contributed by atoms with Gasteiger partial charge in [-0.2, -0.15) is 0 Å². The van der Waals surface area contributed by atoms with E-state index >= 15 is 0 Å². The summed E-state index contributed by atoms with van der Waals surface area (Å²) in [6.07, 6.45) is 0. The van der Waals surface area contributed by atoms with Crippen molar-refractivity contribution < 1.29 is 14.6 Å². The van der Waals surface area contributed by atoms with Gasteiger partial charge in [-0.15, -0.1) is 22.0 Å². The van der Waals surface area contributed by atoms with Crippen LogP contribution in [0, 0.1) is 0 Å². The van der Waals surface area contributed by atoms with Crippen LogP contribution in [0.4, 0.5) is 5.13 Å². The molecule has 0 aliphatic carbocycles. The van der Waals surface area contributed by atoms with Gasteiger partial charge in [-0.1, -0.05) is 53.8 Å². The number of fused-ring (bicyclic) bond motifs is 3. The van der Waals surface area contributed by atoms with E-state index < -0.39 is 0 Å². The van der Waals surface area contributed by atoms with Crippen molar-refractivity contribution >= 4 is 55.9 Å². The van der Waals surface area contributed by atoms with E-state index in [2.05, 4.69) is 51.2 Å². The van der Waals surface area contributed by atoms with Crippen molar-refractivity contribution in [3.63, 3.8) is 0 Å². The van der Waals surface area contributed by atoms with Crippen LogP contribution in [0.2, 0.25) is 0 Å². The molecule has 1 aliphatic rings. The van der Waals surface area contributed by atoms with Gasteiger partial charge in [-0.3, -0.25) is 9.69 Å². The summed E-state index contributed by atoms with van der Waals surface area (Å²) < 4.78 is 7.50. The predicted octanol–water partition coefficient (Wildman–Crippen LogP) is 5.19. The Morgan fingerprint density at radius 1 is 1.03 bits per heavy atom. The second-order valence-electron chi connectivity index (χ2n) is 7.96. The molecule has 1 saturated heterocycles. The standard InChI is InChI=1S/C25H20N4O3S2/c1-32-21-12-15(10-11-20(21)30)24-29(23(31)14-33-24)25-27-26-22(34-25)13-28-18-8-4-2-6-16(18)17-7-3-5-9-19(17)28/h2-12,24,30H,13-14H2,1H3. The number of para-hydroxylation sites is 2. The number of aromatic nitrogens is 3. The van der Waals surface area contributed by atoms with Crippen LogP contribution in [0.25, 0.3) is 21.8 Å². The van der Waals surface area contributed by atoms with Gasteiger partial charge in [-0.25, -0.2) is 0 Å². The third kappa shape index (κ3) is 3.39. The van der Waals surface area contributed by atoms with Gasteiger partial charge in [0.15, 0.2) is 11.5 Å². The van der Waals surface area contributed by atoms with Gasteiger partial charge in [0.2, 0.25) is 11.0 Å². The van der Waals surface area contributed by atoms with E-state index in [9.17, 15) is 9.90 Å². The Balaban J connectivity index is 1.35. The average molecular weight is 489 g/mol. The van der Waals surface area contributed by atoms with E-state index in [0.717, 1.165) is 21.6 Å². The molecule has 1 fully saturated rings. The lowest BCUT2D eigenvalue weighted by molar-refractivity contribution is -0.115. The van der Waals surface area contributed by atoms with Crippen LogP contribution in [0.3, 0.4) is 0 Å². The fourth-order valence-electron chi connectivity index (χ4n) is 4.44. The van der Waals surface area contributed by atoms with Crippen LogP contribution in [0.1, 0.15) is 15.9 Å². The summed E-state index contributed by atoms with van der Waals surface area (Å²) in [6, 6.07) is 21.8. The van der Waals surface area contributed by atoms with Crippen molar-refractivity contribution in [2.45, 2.75) is 11.9 Å². The van der Waals surface area contributed by atoms with Gasteiger partial charge >= 0.3 is 0 Å². The van der Waals surface area contributed by atoms with Crippen molar-refractivity contribution in [2.75, 3.05) is 17.8 Å². The molecule has 0 radical (unpaired) electrons. The Kier molecular flexibility index (Phi) is 5.15. The summed E-state index contributed by atoms with van der Waals surface area (Å²) in [4.78, 5) is 14.5. The molecule has 1 amide bonds. The van der Waals surface area contributed by atoms with Crippen molar-refractivity contribution in [1.82, 2.24) is 14.8 Å². The second kappa shape index (κ2) is 8.34. The molecular formula is C25H20N4O3S2. The summed E-state index contributed by atoms with van der Waals surface area (Å²) in [6.45, 7) is 0.568. The topological polar surface area (TPSA) is 80.5 Å². The Morgan fingerprint density at radius 2 is 1.74 bits per heavy atom. The maximum atomic E-state index is 12.8. The quantitative estimate of drug-likeness (QED) is 0.367. The number of rotatable bonds is 5. The number of phenols is 1. The first-order valence-electron chi connectivity index (χ1n) is 10.7. The molecule has 6 rings (SSSR count). The molecule has 1 aliphatic heterocycles. The van der Waals surface area contributed by atoms with Gasteiger partial charge in [0.25, 0.3) is 0 Å². The zero-order valence-electron chi connectivity index (χ0n) is 18.2. The summed E-state index contributed by atoms with van der Waals surface area (Å²) in [5.74, 6) is 0.787. The number of hydrogen-bond acceptors (Lipinski definition) is 7. The molecule has 5 aromatic rings. The van der Waals surface area contributed by atoms with E-state index in [0.29, 0.717) is 23.2 Å². The van der Waals surface area contributed by atoms with Crippen LogP contribution < -0.4 is 9.64 Å². The first-order valence-corrected chi connectivity index (χ1v) is 12.6. The summed E-state index contributed by atoms with van der Waals surface area (Å²) in [7, 11) is 1.51. The van der Waals surface area contributed by atoms with E-state index in [1.54, 1.807) is 23.1 Å². The fraction of sp³-hybridized carbons (Fsp3) is 0.160. The molecule has 1 unspecified atom stereocenters. The van der Waals surface area contributed by atoms with Crippen LogP contribution in [-0.2, 0) is 11.3 Å². The number of anilines is 1. The number of methoxy groups -OCH3 is 1. The molecule has 3 heterocycles. The molecule has 7 nitrogen and oxygen atoms in total. The van der Waals surface area contributed by atoms with Crippen LogP contribution in [0.5, 0.6) is 11.5 Å². The number of phenolic OH excluding ortho intramolecular Hbond substituents is 1. The summed E-state index contributed by atoms with van der Waals surface area (Å²) >= 11 is 2.95. The lowest BCUT2D eigenvalue weighted by atomic mass is 10.2. The number of nitrogens with zero attached hydrogens (tertiary/aromatic N) is 4. The average Bonchev–Trinajstić information content (AvgIpc) is 3.56. The van der Waals surface area contributed by atoms with Crippen molar-refractivity contribution in [3.05, 3.63) is 77.3 Å². The van der Waals surface area contributed by atoms with E-state index in [4.69, 9.17) is 4.74 Å². The molecule has 1 atom stereocenters. The number of hydrogen-bond donors (Lipinski definition) is 1. The highest BCUT2D eigenvalue weighted by atomic mass is 32.2. The molecule has 9 heteroatoms. The highest BCUT2D eigenvalue weighted by Crippen LogP contribution is 2.44. The Labute approximate surface area is 203 Å². The molecule has 0 spiro atoms. The Morgan fingerprint density at radius 3 is 2.44 bits per heavy atom. The van der Waals surface area contributed by atoms with Crippen molar-refractivity contribution in [3.8, 4) is 11.5 Å². The number of ether oxygens (including phenoxy) is 1.